The molecule has 35 heavy (non-hydrogen) atoms. The molecule has 2 saturated heterocycles. The van der Waals surface area contributed by atoms with Crippen LogP contribution < -0.4 is 16.1 Å². The van der Waals surface area contributed by atoms with Gasteiger partial charge in [-0.1, -0.05) is 18.6 Å². The normalized spacial score (nSPS) is 22.4. The summed E-state index contributed by atoms with van der Waals surface area (Å²) >= 11 is 3.57. The van der Waals surface area contributed by atoms with Crippen LogP contribution in [-0.4, -0.2) is 44.4 Å². The maximum atomic E-state index is 12.9. The molecule has 3 amide bonds. The monoisotopic (exact) mass is 519 g/mol. The number of benzene rings is 1. The lowest BCUT2D eigenvalue weighted by molar-refractivity contribution is -0.200. The Balaban J connectivity index is 1.44. The van der Waals surface area contributed by atoms with Gasteiger partial charge in [-0.05, 0) is 61.3 Å². The third kappa shape index (κ3) is 7.20. The van der Waals surface area contributed by atoms with E-state index in [9.17, 15) is 9.59 Å². The number of anilines is 1. The number of amides is 3. The molecule has 2 aliphatic heterocycles. The van der Waals surface area contributed by atoms with Gasteiger partial charge in [-0.15, -0.1) is 23.1 Å². The van der Waals surface area contributed by atoms with Gasteiger partial charge in [0.1, 0.15) is 6.73 Å². The van der Waals surface area contributed by atoms with Crippen LogP contribution in [0.5, 0.6) is 0 Å². The smallest absolute Gasteiger partial charge is 0.321 e. The lowest BCUT2D eigenvalue weighted by atomic mass is 9.94. The molecule has 8 nitrogen and oxygen atoms in total. The van der Waals surface area contributed by atoms with Crippen molar-refractivity contribution in [2.75, 3.05) is 31.5 Å². The fourth-order valence-corrected chi connectivity index (χ4v) is 7.19. The summed E-state index contributed by atoms with van der Waals surface area (Å²) < 4.78 is 10.2. The molecule has 1 aromatic carbocycles. The average Bonchev–Trinajstić information content (AvgIpc) is 3.39. The highest BCUT2D eigenvalue weighted by Gasteiger charge is 2.38. The third-order valence-corrected chi connectivity index (χ3v) is 9.16. The van der Waals surface area contributed by atoms with Crippen LogP contribution in [0.3, 0.4) is 0 Å². The molecule has 10 heteroatoms. The molecule has 0 saturated carbocycles. The van der Waals surface area contributed by atoms with Crippen LogP contribution in [0, 0.1) is 0 Å². The van der Waals surface area contributed by atoms with Gasteiger partial charge in [-0.3, -0.25) is 4.79 Å². The molecular formula is C25H33N3O5S2. The lowest BCUT2D eigenvalue weighted by Crippen LogP contribution is -2.37. The van der Waals surface area contributed by atoms with E-state index in [0.717, 1.165) is 54.7 Å². The predicted octanol–water partition coefficient (Wildman–Crippen LogP) is 5.22. The van der Waals surface area contributed by atoms with Crippen molar-refractivity contribution in [2.45, 2.75) is 56.0 Å². The van der Waals surface area contributed by atoms with Gasteiger partial charge in [-0.25, -0.2) is 15.1 Å². The number of thiophene rings is 1. The Bertz CT molecular complexity index is 987. The molecule has 190 valence electrons. The van der Waals surface area contributed by atoms with E-state index in [1.54, 1.807) is 11.3 Å². The molecule has 0 spiro atoms. The minimum atomic E-state index is -0.353. The van der Waals surface area contributed by atoms with E-state index in [4.69, 9.17) is 14.3 Å². The van der Waals surface area contributed by atoms with Crippen LogP contribution in [0.1, 0.15) is 49.8 Å². The fraction of sp³-hybridized carbons (Fsp3) is 0.520. The highest BCUT2D eigenvalue weighted by Crippen LogP contribution is 2.51. The van der Waals surface area contributed by atoms with E-state index in [2.05, 4.69) is 28.2 Å². The van der Waals surface area contributed by atoms with Gasteiger partial charge in [-0.2, -0.15) is 0 Å². The quantitative estimate of drug-likeness (QED) is 0.311. The van der Waals surface area contributed by atoms with E-state index >= 15 is 0 Å². The molecule has 0 bridgehead atoms. The second-order valence-electron chi connectivity index (χ2n) is 8.72. The second kappa shape index (κ2) is 12.7. The number of urea groups is 1. The number of carbonyl (C=O) groups is 2. The summed E-state index contributed by atoms with van der Waals surface area (Å²) in [5, 5.41) is 5.44. The number of thioether (sulfide) groups is 1. The summed E-state index contributed by atoms with van der Waals surface area (Å²) in [6.07, 6.45) is 6.11. The molecule has 1 aromatic heterocycles. The van der Waals surface area contributed by atoms with Crippen molar-refractivity contribution in [3.8, 4) is 10.4 Å². The second-order valence-corrected chi connectivity index (χ2v) is 11.3. The van der Waals surface area contributed by atoms with Gasteiger partial charge < -0.3 is 20.1 Å². The highest BCUT2D eigenvalue weighted by molar-refractivity contribution is 8.00. The first kappa shape index (κ1) is 26.0. The molecule has 0 aliphatic carbocycles. The summed E-state index contributed by atoms with van der Waals surface area (Å²) in [7, 11) is 1.52. The Morgan fingerprint density at radius 1 is 1.17 bits per heavy atom. The zero-order valence-electron chi connectivity index (χ0n) is 20.0. The largest absolute Gasteiger partial charge is 0.364 e. The third-order valence-electron chi connectivity index (χ3n) is 6.08. The summed E-state index contributed by atoms with van der Waals surface area (Å²) in [6.45, 7) is 0.818. The molecule has 2 aliphatic rings. The van der Waals surface area contributed by atoms with Crippen molar-refractivity contribution in [1.29, 1.82) is 0 Å². The van der Waals surface area contributed by atoms with E-state index in [1.807, 2.05) is 36.0 Å². The van der Waals surface area contributed by atoms with Gasteiger partial charge in [0.25, 0.3) is 0 Å². The number of hydrogen-bond acceptors (Lipinski definition) is 7. The van der Waals surface area contributed by atoms with E-state index in [-0.39, 0.29) is 29.7 Å². The molecule has 2 atom stereocenters. The van der Waals surface area contributed by atoms with Gasteiger partial charge >= 0.3 is 6.03 Å². The fourth-order valence-electron chi connectivity index (χ4n) is 4.31. The number of carbonyl (C=O) groups excluding carboxylic acids is 2. The van der Waals surface area contributed by atoms with E-state index in [1.165, 1.54) is 12.0 Å². The summed E-state index contributed by atoms with van der Waals surface area (Å²) in [5.41, 5.74) is 4.37. The Labute approximate surface area is 214 Å². The van der Waals surface area contributed by atoms with Crippen LogP contribution >= 0.6 is 23.1 Å². The molecule has 3 N–H and O–H groups in total. The maximum Gasteiger partial charge on any atom is 0.321 e. The van der Waals surface area contributed by atoms with Crippen molar-refractivity contribution in [2.24, 2.45) is 0 Å². The van der Waals surface area contributed by atoms with E-state index in [0.29, 0.717) is 18.7 Å². The Hall–Kier alpha value is -2.11. The zero-order chi connectivity index (χ0) is 24.5. The average molecular weight is 520 g/mol. The van der Waals surface area contributed by atoms with Gasteiger partial charge in [0.15, 0.2) is 6.29 Å². The van der Waals surface area contributed by atoms with Crippen molar-refractivity contribution < 1.29 is 23.9 Å². The number of ether oxygens (including phenoxy) is 2. The minimum Gasteiger partial charge on any atom is -0.364 e. The first-order valence-corrected chi connectivity index (χ1v) is 13.8. The molecular weight excluding hydrogens is 486 g/mol. The number of hydrogen-bond donors (Lipinski definition) is 3. The Kier molecular flexibility index (Phi) is 9.45. The molecule has 4 rings (SSSR count). The van der Waals surface area contributed by atoms with Crippen LogP contribution in [0.4, 0.5) is 10.5 Å². The predicted molar refractivity (Wildman–Crippen MR) is 139 cm³/mol. The SMILES string of the molecule is COCNC(=O)Nc1cccc(-c2ccc([C@@]3(CC(=O)NOC4CCCCO4)CCCCS3)s2)c1. The molecule has 2 aromatic rings. The number of methoxy groups -OCH3 is 1. The Morgan fingerprint density at radius 3 is 2.86 bits per heavy atom. The van der Waals surface area contributed by atoms with Crippen molar-refractivity contribution in [3.05, 3.63) is 41.3 Å². The van der Waals surface area contributed by atoms with Crippen LogP contribution in [0.15, 0.2) is 36.4 Å². The summed E-state index contributed by atoms with van der Waals surface area (Å²) in [6, 6.07) is 11.7. The molecule has 3 heterocycles. The van der Waals surface area contributed by atoms with E-state index < -0.39 is 0 Å². The topological polar surface area (TPSA) is 97.9 Å². The molecule has 2 fully saturated rings. The van der Waals surface area contributed by atoms with Crippen LogP contribution in [-0.2, 0) is 23.9 Å². The maximum absolute atomic E-state index is 12.9. The molecule has 0 radical (unpaired) electrons. The number of hydroxylamine groups is 1. The first-order valence-electron chi connectivity index (χ1n) is 12.0. The van der Waals surface area contributed by atoms with Gasteiger partial charge in [0.05, 0.1) is 4.75 Å². The van der Waals surface area contributed by atoms with Crippen molar-refractivity contribution in [1.82, 2.24) is 10.8 Å². The number of nitrogens with one attached hydrogen (secondary N) is 3. The highest BCUT2D eigenvalue weighted by atomic mass is 32.2. The summed E-state index contributed by atoms with van der Waals surface area (Å²) in [4.78, 5) is 32.7. The molecule has 1 unspecified atom stereocenters. The van der Waals surface area contributed by atoms with Gasteiger partial charge in [0, 0.05) is 42.0 Å². The minimum absolute atomic E-state index is 0.114. The van der Waals surface area contributed by atoms with Crippen LogP contribution in [0.25, 0.3) is 10.4 Å². The first-order chi connectivity index (χ1) is 17.1. The van der Waals surface area contributed by atoms with Crippen LogP contribution in [0.2, 0.25) is 0 Å². The van der Waals surface area contributed by atoms with Crippen molar-refractivity contribution in [3.63, 3.8) is 0 Å². The lowest BCUT2D eigenvalue weighted by Gasteiger charge is -2.35. The Morgan fingerprint density at radius 2 is 2.09 bits per heavy atom. The number of rotatable bonds is 9. The summed E-state index contributed by atoms with van der Waals surface area (Å²) in [5.74, 6) is 0.917. The van der Waals surface area contributed by atoms with Gasteiger partial charge in [0.2, 0.25) is 5.91 Å². The standard InChI is InChI=1S/C25H33N3O5S2/c1-31-17-26-24(30)27-19-8-6-7-18(15-19)20-10-11-21(35-20)25(12-3-5-14-34-25)16-22(29)28-33-23-9-2-4-13-32-23/h6-8,10-11,15,23H,2-5,9,12-14,16-17H2,1H3,(H,28,29)(H2,26,27,30)/t23?,25-/m0/s1. The van der Waals surface area contributed by atoms with Crippen molar-refractivity contribution >= 4 is 40.7 Å². The zero-order valence-corrected chi connectivity index (χ0v) is 21.6.